The number of aromatic amines is 1. The van der Waals surface area contributed by atoms with Gasteiger partial charge in [0.25, 0.3) is 5.56 Å². The van der Waals surface area contributed by atoms with E-state index in [9.17, 15) is 9.59 Å². The highest BCUT2D eigenvalue weighted by molar-refractivity contribution is 8.53. The van der Waals surface area contributed by atoms with Gasteiger partial charge in [-0.25, -0.2) is 9.46 Å². The molecule has 0 saturated carbocycles. The van der Waals surface area contributed by atoms with Gasteiger partial charge in [0.2, 0.25) is 0 Å². The Morgan fingerprint density at radius 3 is 1.94 bits per heavy atom. The highest BCUT2D eigenvalue weighted by Gasteiger charge is 2.44. The summed E-state index contributed by atoms with van der Waals surface area (Å²) >= 11 is 1.68. The minimum absolute atomic E-state index is 0.131. The number of hydrogen-bond donors (Lipinski definition) is 1. The molecule has 2 heterocycles. The zero-order valence-corrected chi connectivity index (χ0v) is 31.7. The van der Waals surface area contributed by atoms with E-state index in [1.165, 1.54) is 4.57 Å². The molecule has 10 nitrogen and oxygen atoms in total. The van der Waals surface area contributed by atoms with E-state index in [0.29, 0.717) is 12.0 Å². The van der Waals surface area contributed by atoms with Gasteiger partial charge in [-0.05, 0) is 81.8 Å². The first kappa shape index (κ1) is 37.8. The second-order valence-electron chi connectivity index (χ2n) is 12.8. The Labute approximate surface area is 299 Å². The Morgan fingerprint density at radius 2 is 1.44 bits per heavy atom. The highest BCUT2D eigenvalue weighted by Crippen LogP contribution is 2.57. The van der Waals surface area contributed by atoms with Gasteiger partial charge >= 0.3 is 5.69 Å². The molecule has 1 aromatic heterocycles. The number of nitrogens with one attached hydrogen (secondary N) is 1. The largest absolute Gasteiger partial charge is 0.497 e. The van der Waals surface area contributed by atoms with Crippen LogP contribution in [0.2, 0.25) is 0 Å². The summed E-state index contributed by atoms with van der Waals surface area (Å²) < 4.78 is 35.8. The van der Waals surface area contributed by atoms with Crippen molar-refractivity contribution in [3.05, 3.63) is 128 Å². The summed E-state index contributed by atoms with van der Waals surface area (Å²) in [5.41, 5.74) is 1.12. The number of hydrogen-bond acceptors (Lipinski definition) is 9. The molecule has 1 fully saturated rings. The van der Waals surface area contributed by atoms with Crippen LogP contribution in [0, 0.1) is 6.92 Å². The molecule has 1 N–H and O–H groups in total. The Bertz CT molecular complexity index is 1740. The molecule has 4 aromatic rings. The van der Waals surface area contributed by atoms with Gasteiger partial charge in [-0.15, -0.1) is 0 Å². The fraction of sp³-hybridized carbons (Fsp3) is 0.421. The minimum atomic E-state index is -1.09. The normalized spacial score (nSPS) is 18.6. The van der Waals surface area contributed by atoms with Crippen LogP contribution >= 0.6 is 18.9 Å². The Hall–Kier alpha value is -3.44. The van der Waals surface area contributed by atoms with Crippen LogP contribution in [0.4, 0.5) is 0 Å². The third-order valence-corrected chi connectivity index (χ3v) is 12.7. The van der Waals surface area contributed by atoms with Crippen molar-refractivity contribution in [1.82, 2.24) is 14.2 Å². The molecule has 3 aromatic carbocycles. The molecule has 0 bridgehead atoms. The van der Waals surface area contributed by atoms with Crippen LogP contribution in [-0.4, -0.2) is 65.6 Å². The second kappa shape index (κ2) is 16.7. The van der Waals surface area contributed by atoms with Gasteiger partial charge in [0.15, 0.2) is 7.50 Å². The van der Waals surface area contributed by atoms with E-state index in [-0.39, 0.29) is 18.7 Å². The van der Waals surface area contributed by atoms with Gasteiger partial charge in [0.05, 0.1) is 26.9 Å². The van der Waals surface area contributed by atoms with Crippen molar-refractivity contribution >= 4 is 18.9 Å². The summed E-state index contributed by atoms with van der Waals surface area (Å²) in [6.45, 7) is 10.5. The lowest BCUT2D eigenvalue weighted by molar-refractivity contribution is -0.0912. The van der Waals surface area contributed by atoms with E-state index < -0.39 is 42.8 Å². The Morgan fingerprint density at radius 1 is 0.900 bits per heavy atom. The van der Waals surface area contributed by atoms with E-state index >= 15 is 0 Å². The summed E-state index contributed by atoms with van der Waals surface area (Å²) in [6.07, 6.45) is 2.36. The van der Waals surface area contributed by atoms with Crippen LogP contribution in [0.3, 0.4) is 0 Å². The van der Waals surface area contributed by atoms with Crippen LogP contribution in [0.5, 0.6) is 11.5 Å². The quantitative estimate of drug-likeness (QED) is 0.100. The Balaban J connectivity index is 1.60. The lowest BCUT2D eigenvalue weighted by atomic mass is 9.80. The lowest BCUT2D eigenvalue weighted by Crippen LogP contribution is -2.39. The molecule has 0 spiro atoms. The summed E-state index contributed by atoms with van der Waals surface area (Å²) in [6, 6.07) is 26.4. The average molecular weight is 722 g/mol. The lowest BCUT2D eigenvalue weighted by Gasteiger charge is -2.39. The van der Waals surface area contributed by atoms with Gasteiger partial charge in [-0.3, -0.25) is 14.3 Å². The van der Waals surface area contributed by atoms with Crippen molar-refractivity contribution < 1.29 is 23.5 Å². The van der Waals surface area contributed by atoms with Crippen LogP contribution < -0.4 is 20.7 Å². The SMILES string of the molecule is COc1ccc(C(OC[C@H]2O[C@@H](n3cc(C)c(=O)[nH]c3=O)C[C@@H]2OP(SC)N(C(C)C)C(C)C)(c2ccccc2)c2ccc(OC)cc2)cc1. The van der Waals surface area contributed by atoms with Crippen LogP contribution in [0.25, 0.3) is 0 Å². The predicted octanol–water partition coefficient (Wildman–Crippen LogP) is 7.25. The summed E-state index contributed by atoms with van der Waals surface area (Å²) in [5, 5.41) is 0. The van der Waals surface area contributed by atoms with Crippen molar-refractivity contribution in [2.24, 2.45) is 0 Å². The molecule has 1 saturated heterocycles. The molecule has 1 unspecified atom stereocenters. The number of rotatable bonds is 15. The molecule has 1 aliphatic rings. The standard InChI is InChI=1S/C38H48N3O7PS/c1-25(2)41(26(3)4)49(50-8)48-33-22-35(40-23-27(5)36(42)39-37(40)43)47-34(33)24-46-38(28-12-10-9-11-13-28,29-14-18-31(44-6)19-15-29)30-16-20-32(45-7)21-17-30/h9-21,23,25-26,33-35H,22,24H2,1-8H3,(H,39,42,43)/t33-,34+,35+,49?/m0/s1. The molecule has 4 atom stereocenters. The number of aryl methyl sites for hydroxylation is 1. The molecule has 268 valence electrons. The van der Waals surface area contributed by atoms with Crippen molar-refractivity contribution in [2.75, 3.05) is 27.1 Å². The molecule has 12 heteroatoms. The molecule has 5 rings (SSSR count). The average Bonchev–Trinajstić information content (AvgIpc) is 3.52. The number of H-pyrrole nitrogens is 1. The van der Waals surface area contributed by atoms with Gasteiger partial charge in [-0.1, -0.05) is 66.0 Å². The number of aromatic nitrogens is 2. The molecule has 0 aliphatic carbocycles. The van der Waals surface area contributed by atoms with E-state index in [1.807, 2.05) is 66.7 Å². The van der Waals surface area contributed by atoms with Crippen LogP contribution in [0.15, 0.2) is 94.6 Å². The zero-order chi connectivity index (χ0) is 36.0. The Kier molecular flexibility index (Phi) is 12.6. The van der Waals surface area contributed by atoms with E-state index in [1.54, 1.807) is 38.7 Å². The fourth-order valence-electron chi connectivity index (χ4n) is 6.49. The van der Waals surface area contributed by atoms with E-state index in [2.05, 4.69) is 55.7 Å². The first-order valence-corrected chi connectivity index (χ1v) is 19.8. The van der Waals surface area contributed by atoms with E-state index in [0.717, 1.165) is 28.2 Å². The zero-order valence-electron chi connectivity index (χ0n) is 30.0. The summed E-state index contributed by atoms with van der Waals surface area (Å²) in [5.74, 6) is 1.46. The molecular formula is C38H48N3O7PS. The number of nitrogens with zero attached hydrogens (tertiary/aromatic N) is 2. The predicted molar refractivity (Wildman–Crippen MR) is 200 cm³/mol. The summed E-state index contributed by atoms with van der Waals surface area (Å²) in [7, 11) is 2.20. The smallest absolute Gasteiger partial charge is 0.330 e. The third kappa shape index (κ3) is 8.04. The molecule has 1 aliphatic heterocycles. The van der Waals surface area contributed by atoms with Gasteiger partial charge in [-0.2, -0.15) is 0 Å². The number of ether oxygens (including phenoxy) is 4. The maximum absolute atomic E-state index is 13.1. The second-order valence-corrected chi connectivity index (χ2v) is 16.3. The van der Waals surface area contributed by atoms with E-state index in [4.69, 9.17) is 23.5 Å². The molecule has 0 amide bonds. The molecular weight excluding hydrogens is 673 g/mol. The van der Waals surface area contributed by atoms with Gasteiger partial charge in [0.1, 0.15) is 29.4 Å². The van der Waals surface area contributed by atoms with Gasteiger partial charge < -0.3 is 23.5 Å². The first-order valence-electron chi connectivity index (χ1n) is 16.8. The van der Waals surface area contributed by atoms with Crippen LogP contribution in [0.1, 0.15) is 62.6 Å². The van der Waals surface area contributed by atoms with Crippen molar-refractivity contribution in [3.8, 4) is 11.5 Å². The van der Waals surface area contributed by atoms with Crippen molar-refractivity contribution in [2.45, 2.75) is 77.2 Å². The van der Waals surface area contributed by atoms with Crippen molar-refractivity contribution in [1.29, 1.82) is 0 Å². The topological polar surface area (TPSA) is 104 Å². The number of benzene rings is 3. The maximum atomic E-state index is 13.1. The monoisotopic (exact) mass is 721 g/mol. The van der Waals surface area contributed by atoms with Gasteiger partial charge in [0, 0.05) is 30.3 Å². The third-order valence-electron chi connectivity index (χ3n) is 8.90. The fourth-order valence-corrected chi connectivity index (χ4v) is 10.4. The maximum Gasteiger partial charge on any atom is 0.330 e. The highest BCUT2D eigenvalue weighted by atomic mass is 32.7. The number of methoxy groups -OCH3 is 2. The van der Waals surface area contributed by atoms with Crippen molar-refractivity contribution in [3.63, 3.8) is 0 Å². The van der Waals surface area contributed by atoms with Crippen LogP contribution in [-0.2, 0) is 19.6 Å². The minimum Gasteiger partial charge on any atom is -0.497 e. The summed E-state index contributed by atoms with van der Waals surface area (Å²) in [4.78, 5) is 27.7. The molecule has 50 heavy (non-hydrogen) atoms. The first-order chi connectivity index (χ1) is 24.0. The molecule has 0 radical (unpaired) electrons.